The van der Waals surface area contributed by atoms with Gasteiger partial charge in [-0.3, -0.25) is 0 Å². The van der Waals surface area contributed by atoms with Crippen molar-refractivity contribution in [1.29, 1.82) is 0 Å². The summed E-state index contributed by atoms with van der Waals surface area (Å²) < 4.78 is 5.50. The van der Waals surface area contributed by atoms with Crippen molar-refractivity contribution in [3.8, 4) is 0 Å². The fourth-order valence-electron chi connectivity index (χ4n) is 4.92. The summed E-state index contributed by atoms with van der Waals surface area (Å²) in [6.45, 7) is 3.50. The average Bonchev–Trinajstić information content (AvgIpc) is 3.26. The molecule has 4 N–H and O–H groups in total. The number of nitrogen functional groups attached to an aromatic ring is 2. The molecule has 0 radical (unpaired) electrons. The van der Waals surface area contributed by atoms with E-state index in [1.807, 2.05) is 24.3 Å². The van der Waals surface area contributed by atoms with Crippen LogP contribution in [0.25, 0.3) is 0 Å². The molecule has 0 bridgehead atoms. The highest BCUT2D eigenvalue weighted by molar-refractivity contribution is 5.60. The molecule has 0 unspecified atom stereocenters. The van der Waals surface area contributed by atoms with Gasteiger partial charge in [0.25, 0.3) is 0 Å². The Bertz CT molecular complexity index is 942. The first kappa shape index (κ1) is 19.8. The Kier molecular flexibility index (Phi) is 5.43. The van der Waals surface area contributed by atoms with Crippen molar-refractivity contribution < 1.29 is 4.74 Å². The van der Waals surface area contributed by atoms with Crippen LogP contribution in [0, 0.1) is 0 Å². The summed E-state index contributed by atoms with van der Waals surface area (Å²) in [6.07, 6.45) is 2.20. The normalized spacial score (nSPS) is 21.4. The van der Waals surface area contributed by atoms with Gasteiger partial charge in [0.2, 0.25) is 0 Å². The summed E-state index contributed by atoms with van der Waals surface area (Å²) in [7, 11) is 0. The molecule has 5 nitrogen and oxygen atoms in total. The number of benzene rings is 3. The van der Waals surface area contributed by atoms with Crippen molar-refractivity contribution in [3.63, 3.8) is 0 Å². The summed E-state index contributed by atoms with van der Waals surface area (Å²) in [4.78, 5) is 4.96. The SMILES string of the molecule is Nc1ccc([C@H]2CC[C@H](c3ccc(N)cc3)N2c2ccc(N3CCOCC3)cc2)cc1. The van der Waals surface area contributed by atoms with Gasteiger partial charge in [0.1, 0.15) is 0 Å². The Morgan fingerprint density at radius 1 is 0.613 bits per heavy atom. The van der Waals surface area contributed by atoms with Crippen LogP contribution in [0.1, 0.15) is 36.1 Å². The van der Waals surface area contributed by atoms with E-state index in [0.717, 1.165) is 50.5 Å². The molecule has 160 valence electrons. The van der Waals surface area contributed by atoms with E-state index >= 15 is 0 Å². The first-order valence-electron chi connectivity index (χ1n) is 11.1. The molecule has 0 spiro atoms. The van der Waals surface area contributed by atoms with Gasteiger partial charge >= 0.3 is 0 Å². The standard InChI is InChI=1S/C26H30N4O/c27-21-5-1-19(2-6-21)25-13-14-26(20-3-7-22(28)8-4-20)30(25)24-11-9-23(10-12-24)29-15-17-31-18-16-29/h1-12,25-26H,13-18,27-28H2/t25-,26-/m1/s1. The fraction of sp³-hybridized carbons (Fsp3) is 0.308. The van der Waals surface area contributed by atoms with E-state index in [-0.39, 0.29) is 0 Å². The summed E-state index contributed by atoms with van der Waals surface area (Å²) in [5.74, 6) is 0. The summed E-state index contributed by atoms with van der Waals surface area (Å²) in [5, 5.41) is 0. The quantitative estimate of drug-likeness (QED) is 0.602. The highest BCUT2D eigenvalue weighted by Gasteiger charge is 2.35. The maximum Gasteiger partial charge on any atom is 0.0642 e. The molecule has 2 fully saturated rings. The molecule has 0 aromatic heterocycles. The van der Waals surface area contributed by atoms with Gasteiger partial charge in [-0.15, -0.1) is 0 Å². The van der Waals surface area contributed by atoms with E-state index in [1.165, 1.54) is 22.5 Å². The Labute approximate surface area is 184 Å². The van der Waals surface area contributed by atoms with Crippen LogP contribution in [-0.2, 0) is 4.74 Å². The third-order valence-electron chi connectivity index (χ3n) is 6.55. The van der Waals surface area contributed by atoms with Crippen molar-refractivity contribution >= 4 is 22.7 Å². The number of morpholine rings is 1. The molecule has 0 amide bonds. The number of nitrogens with zero attached hydrogens (tertiary/aromatic N) is 2. The molecule has 2 aliphatic heterocycles. The molecular formula is C26H30N4O. The number of nitrogens with two attached hydrogens (primary N) is 2. The van der Waals surface area contributed by atoms with E-state index in [4.69, 9.17) is 16.2 Å². The smallest absolute Gasteiger partial charge is 0.0642 e. The van der Waals surface area contributed by atoms with Crippen molar-refractivity contribution in [2.24, 2.45) is 0 Å². The van der Waals surface area contributed by atoms with E-state index < -0.39 is 0 Å². The van der Waals surface area contributed by atoms with E-state index in [9.17, 15) is 0 Å². The highest BCUT2D eigenvalue weighted by Crippen LogP contribution is 2.47. The molecule has 2 heterocycles. The van der Waals surface area contributed by atoms with Gasteiger partial charge in [0.15, 0.2) is 0 Å². The maximum atomic E-state index is 5.95. The maximum absolute atomic E-state index is 5.95. The zero-order valence-corrected chi connectivity index (χ0v) is 17.8. The molecule has 31 heavy (non-hydrogen) atoms. The summed E-state index contributed by atoms with van der Waals surface area (Å²) in [5.41, 5.74) is 18.6. The third kappa shape index (κ3) is 4.06. The second-order valence-corrected chi connectivity index (χ2v) is 8.47. The second-order valence-electron chi connectivity index (χ2n) is 8.47. The number of anilines is 4. The van der Waals surface area contributed by atoms with Crippen LogP contribution in [0.2, 0.25) is 0 Å². The number of ether oxygens (including phenoxy) is 1. The van der Waals surface area contributed by atoms with Gasteiger partial charge in [-0.1, -0.05) is 24.3 Å². The molecular weight excluding hydrogens is 384 g/mol. The second kappa shape index (κ2) is 8.52. The zero-order chi connectivity index (χ0) is 21.2. The van der Waals surface area contributed by atoms with Gasteiger partial charge in [-0.2, -0.15) is 0 Å². The highest BCUT2D eigenvalue weighted by atomic mass is 16.5. The van der Waals surface area contributed by atoms with Gasteiger partial charge in [0.05, 0.1) is 25.3 Å². The van der Waals surface area contributed by atoms with Crippen LogP contribution >= 0.6 is 0 Å². The zero-order valence-electron chi connectivity index (χ0n) is 17.8. The lowest BCUT2D eigenvalue weighted by molar-refractivity contribution is 0.122. The average molecular weight is 415 g/mol. The number of hydrogen-bond donors (Lipinski definition) is 2. The molecule has 2 aliphatic rings. The van der Waals surface area contributed by atoms with Crippen LogP contribution in [0.3, 0.4) is 0 Å². The van der Waals surface area contributed by atoms with Crippen molar-refractivity contribution in [1.82, 2.24) is 0 Å². The topological polar surface area (TPSA) is 67.8 Å². The van der Waals surface area contributed by atoms with Crippen LogP contribution in [-0.4, -0.2) is 26.3 Å². The van der Waals surface area contributed by atoms with E-state index in [1.54, 1.807) is 0 Å². The molecule has 3 aromatic carbocycles. The van der Waals surface area contributed by atoms with Crippen molar-refractivity contribution in [2.45, 2.75) is 24.9 Å². The number of rotatable bonds is 4. The molecule has 5 rings (SSSR count). The Hall–Kier alpha value is -3.18. The Balaban J connectivity index is 1.48. The molecule has 5 heteroatoms. The van der Waals surface area contributed by atoms with E-state index in [0.29, 0.717) is 12.1 Å². The molecule has 0 saturated carbocycles. The Morgan fingerprint density at radius 3 is 1.55 bits per heavy atom. The lowest BCUT2D eigenvalue weighted by Gasteiger charge is -2.34. The Morgan fingerprint density at radius 2 is 1.06 bits per heavy atom. The van der Waals surface area contributed by atoms with Crippen molar-refractivity contribution in [3.05, 3.63) is 83.9 Å². The summed E-state index contributed by atoms with van der Waals surface area (Å²) in [6, 6.07) is 26.4. The van der Waals surface area contributed by atoms with Gasteiger partial charge in [-0.25, -0.2) is 0 Å². The van der Waals surface area contributed by atoms with E-state index in [2.05, 4.69) is 58.3 Å². The first-order chi connectivity index (χ1) is 15.2. The monoisotopic (exact) mass is 414 g/mol. The van der Waals surface area contributed by atoms with Crippen LogP contribution < -0.4 is 21.3 Å². The predicted octanol–water partition coefficient (Wildman–Crippen LogP) is 4.77. The van der Waals surface area contributed by atoms with Gasteiger partial charge < -0.3 is 26.0 Å². The van der Waals surface area contributed by atoms with Gasteiger partial charge in [0, 0.05) is 35.8 Å². The molecule has 2 atom stereocenters. The first-order valence-corrected chi connectivity index (χ1v) is 11.1. The van der Waals surface area contributed by atoms with Crippen LogP contribution in [0.4, 0.5) is 22.7 Å². The fourth-order valence-corrected chi connectivity index (χ4v) is 4.92. The van der Waals surface area contributed by atoms with Crippen molar-refractivity contribution in [2.75, 3.05) is 47.6 Å². The number of hydrogen-bond acceptors (Lipinski definition) is 5. The lowest BCUT2D eigenvalue weighted by atomic mass is 10.0. The molecule has 0 aliphatic carbocycles. The predicted molar refractivity (Wildman–Crippen MR) is 128 cm³/mol. The van der Waals surface area contributed by atoms with Crippen LogP contribution in [0.5, 0.6) is 0 Å². The largest absolute Gasteiger partial charge is 0.399 e. The summed E-state index contributed by atoms with van der Waals surface area (Å²) >= 11 is 0. The van der Waals surface area contributed by atoms with Gasteiger partial charge in [-0.05, 0) is 72.5 Å². The lowest BCUT2D eigenvalue weighted by Crippen LogP contribution is -2.36. The minimum absolute atomic E-state index is 0.317. The third-order valence-corrected chi connectivity index (χ3v) is 6.55. The molecule has 3 aromatic rings. The molecule has 2 saturated heterocycles. The minimum atomic E-state index is 0.317. The minimum Gasteiger partial charge on any atom is -0.399 e. The van der Waals surface area contributed by atoms with Crippen LogP contribution in [0.15, 0.2) is 72.8 Å².